The standard InChI is InChI=1S/C63H113NO8/c1-6-8-10-12-14-16-18-20-22-24-26-28-30-32-33-35-37-39-41-43-45-47-49-51-53-60(65)70-57-59(58-71-63(62(67)68)69-56-55-64(3,4)5)72-61(66)54-52-50-48-46-44-42-40-38-36-34-31-29-27-25-23-21-19-17-15-13-11-9-7-2/h9,11,15,17,21,23,27,29,34,36,59,63H,6-8,10,12-14,16,18-20,22,24-26,28,30-33,35,37-58H2,1-5H3/p+1/b11-9-,17-15-,23-21-,29-27-,36-34-. The zero-order chi connectivity index (χ0) is 52.7. The summed E-state index contributed by atoms with van der Waals surface area (Å²) >= 11 is 0. The van der Waals surface area contributed by atoms with Crippen molar-refractivity contribution in [3.8, 4) is 0 Å². The number of carboxylic acids is 1. The van der Waals surface area contributed by atoms with E-state index in [0.717, 1.165) is 77.0 Å². The fraction of sp³-hybridized carbons (Fsp3) is 0.794. The number of rotatable bonds is 55. The normalized spacial score (nSPS) is 13.2. The molecule has 2 atom stereocenters. The Balaban J connectivity index is 4.23. The van der Waals surface area contributed by atoms with Gasteiger partial charge in [0.15, 0.2) is 6.10 Å². The van der Waals surface area contributed by atoms with Gasteiger partial charge in [-0.15, -0.1) is 0 Å². The number of ether oxygens (including phenoxy) is 4. The van der Waals surface area contributed by atoms with E-state index in [9.17, 15) is 19.5 Å². The van der Waals surface area contributed by atoms with E-state index in [4.69, 9.17) is 18.9 Å². The highest BCUT2D eigenvalue weighted by Gasteiger charge is 2.25. The molecule has 0 rings (SSSR count). The van der Waals surface area contributed by atoms with Gasteiger partial charge in [0.1, 0.15) is 13.2 Å². The Bertz CT molecular complexity index is 1360. The number of aliphatic carboxylic acids is 1. The molecule has 0 aliphatic rings. The van der Waals surface area contributed by atoms with Crippen LogP contribution >= 0.6 is 0 Å². The summed E-state index contributed by atoms with van der Waals surface area (Å²) in [5, 5.41) is 9.71. The van der Waals surface area contributed by atoms with Crippen molar-refractivity contribution in [3.63, 3.8) is 0 Å². The fourth-order valence-corrected chi connectivity index (χ4v) is 8.45. The fourth-order valence-electron chi connectivity index (χ4n) is 8.45. The molecular weight excluding hydrogens is 899 g/mol. The van der Waals surface area contributed by atoms with Crippen LogP contribution in [0.25, 0.3) is 0 Å². The van der Waals surface area contributed by atoms with E-state index in [1.807, 2.05) is 21.1 Å². The molecule has 72 heavy (non-hydrogen) atoms. The molecule has 9 nitrogen and oxygen atoms in total. The minimum atomic E-state index is -1.51. The van der Waals surface area contributed by atoms with Crippen molar-refractivity contribution in [2.24, 2.45) is 0 Å². The molecular formula is C63H114NO8+. The SMILES string of the molecule is CC/C=C\C/C=C\C/C=C\C/C=C\C/C=C\CCCCCCCCCC(=O)OC(COC(=O)CCCCCCCCCCCCCCCCCCCCCCCCCC)COC(OCC[N+](C)(C)C)C(=O)O. The highest BCUT2D eigenvalue weighted by atomic mass is 16.7. The number of likely N-dealkylation sites (N-methyl/N-ethyl adjacent to an activating group) is 1. The lowest BCUT2D eigenvalue weighted by Crippen LogP contribution is -2.40. The van der Waals surface area contributed by atoms with Crippen LogP contribution < -0.4 is 0 Å². The number of hydrogen-bond acceptors (Lipinski definition) is 7. The Morgan fingerprint density at radius 1 is 0.431 bits per heavy atom. The van der Waals surface area contributed by atoms with Gasteiger partial charge in [-0.1, -0.05) is 254 Å². The van der Waals surface area contributed by atoms with E-state index in [-0.39, 0.29) is 32.2 Å². The van der Waals surface area contributed by atoms with Gasteiger partial charge >= 0.3 is 17.9 Å². The minimum Gasteiger partial charge on any atom is -0.477 e. The third-order valence-corrected chi connectivity index (χ3v) is 13.0. The minimum absolute atomic E-state index is 0.184. The summed E-state index contributed by atoms with van der Waals surface area (Å²) in [5.41, 5.74) is 0. The zero-order valence-electron chi connectivity index (χ0n) is 47.6. The Kier molecular flexibility index (Phi) is 52.0. The first-order valence-electron chi connectivity index (χ1n) is 30.0. The number of nitrogens with zero attached hydrogens (tertiary/aromatic N) is 1. The van der Waals surface area contributed by atoms with Gasteiger partial charge < -0.3 is 28.5 Å². The topological polar surface area (TPSA) is 108 Å². The van der Waals surface area contributed by atoms with Crippen LogP contribution in [0.5, 0.6) is 0 Å². The predicted molar refractivity (Wildman–Crippen MR) is 304 cm³/mol. The van der Waals surface area contributed by atoms with Gasteiger partial charge in [-0.25, -0.2) is 4.79 Å². The molecule has 0 aliphatic carbocycles. The lowest BCUT2D eigenvalue weighted by atomic mass is 10.0. The van der Waals surface area contributed by atoms with Crippen molar-refractivity contribution < 1.29 is 42.9 Å². The van der Waals surface area contributed by atoms with Crippen LogP contribution in [0, 0.1) is 0 Å². The summed E-state index contributed by atoms with van der Waals surface area (Å²) in [6, 6.07) is 0. The first kappa shape index (κ1) is 69.0. The van der Waals surface area contributed by atoms with Crippen molar-refractivity contribution in [1.82, 2.24) is 0 Å². The van der Waals surface area contributed by atoms with Crippen molar-refractivity contribution in [3.05, 3.63) is 60.8 Å². The lowest BCUT2D eigenvalue weighted by molar-refractivity contribution is -0.870. The van der Waals surface area contributed by atoms with Crippen molar-refractivity contribution in [2.75, 3.05) is 47.5 Å². The Morgan fingerprint density at radius 3 is 1.18 bits per heavy atom. The monoisotopic (exact) mass is 1010 g/mol. The van der Waals surface area contributed by atoms with Crippen molar-refractivity contribution >= 4 is 17.9 Å². The van der Waals surface area contributed by atoms with Gasteiger partial charge in [0.25, 0.3) is 6.29 Å². The number of quaternary nitrogens is 1. The molecule has 0 aromatic rings. The van der Waals surface area contributed by atoms with Gasteiger partial charge in [-0.3, -0.25) is 9.59 Å². The van der Waals surface area contributed by atoms with E-state index in [2.05, 4.69) is 74.6 Å². The van der Waals surface area contributed by atoms with Crippen LogP contribution in [0.1, 0.15) is 264 Å². The smallest absolute Gasteiger partial charge is 0.361 e. The molecule has 2 unspecified atom stereocenters. The molecule has 0 aromatic carbocycles. The Labute approximate surface area is 444 Å². The molecule has 0 bridgehead atoms. The maximum Gasteiger partial charge on any atom is 0.361 e. The molecule has 0 radical (unpaired) electrons. The molecule has 0 amide bonds. The van der Waals surface area contributed by atoms with Gasteiger partial charge in [-0.2, -0.15) is 0 Å². The maximum atomic E-state index is 12.9. The quantitative estimate of drug-likeness (QED) is 0.0211. The number of carboxylic acid groups (broad SMARTS) is 1. The van der Waals surface area contributed by atoms with E-state index >= 15 is 0 Å². The Morgan fingerprint density at radius 2 is 0.792 bits per heavy atom. The maximum absolute atomic E-state index is 12.9. The second-order valence-corrected chi connectivity index (χ2v) is 21.3. The largest absolute Gasteiger partial charge is 0.477 e. The number of carbonyl (C=O) groups excluding carboxylic acids is 2. The zero-order valence-corrected chi connectivity index (χ0v) is 47.6. The van der Waals surface area contributed by atoms with Crippen LogP contribution in [-0.4, -0.2) is 87.4 Å². The average Bonchev–Trinajstić information content (AvgIpc) is 3.35. The highest BCUT2D eigenvalue weighted by Crippen LogP contribution is 2.17. The van der Waals surface area contributed by atoms with E-state index in [0.29, 0.717) is 23.9 Å². The third-order valence-electron chi connectivity index (χ3n) is 13.0. The van der Waals surface area contributed by atoms with Crippen LogP contribution in [0.2, 0.25) is 0 Å². The molecule has 418 valence electrons. The molecule has 1 N–H and O–H groups in total. The van der Waals surface area contributed by atoms with Gasteiger partial charge in [0.2, 0.25) is 0 Å². The average molecular weight is 1010 g/mol. The van der Waals surface area contributed by atoms with E-state index in [1.165, 1.54) is 154 Å². The number of carbonyl (C=O) groups is 3. The van der Waals surface area contributed by atoms with Gasteiger partial charge in [0, 0.05) is 12.8 Å². The molecule has 9 heteroatoms. The predicted octanol–water partition coefficient (Wildman–Crippen LogP) is 17.6. The first-order valence-corrected chi connectivity index (χ1v) is 30.0. The number of allylic oxidation sites excluding steroid dienone is 10. The second kappa shape index (κ2) is 54.3. The summed E-state index contributed by atoms with van der Waals surface area (Å²) in [6.07, 6.45) is 65.9. The summed E-state index contributed by atoms with van der Waals surface area (Å²) in [6.45, 7) is 4.78. The first-order chi connectivity index (χ1) is 35.1. The molecule has 0 aromatic heterocycles. The second-order valence-electron chi connectivity index (χ2n) is 21.3. The van der Waals surface area contributed by atoms with Crippen LogP contribution in [0.15, 0.2) is 60.8 Å². The number of hydrogen-bond donors (Lipinski definition) is 1. The van der Waals surface area contributed by atoms with Gasteiger partial charge in [-0.05, 0) is 57.8 Å². The molecule has 0 aliphatic heterocycles. The highest BCUT2D eigenvalue weighted by molar-refractivity contribution is 5.71. The van der Waals surface area contributed by atoms with Crippen LogP contribution in [0.4, 0.5) is 0 Å². The molecule has 0 saturated carbocycles. The molecule has 0 fully saturated rings. The Hall–Kier alpha value is -3.01. The van der Waals surface area contributed by atoms with Crippen LogP contribution in [-0.2, 0) is 33.3 Å². The molecule has 0 heterocycles. The van der Waals surface area contributed by atoms with Crippen LogP contribution in [0.3, 0.4) is 0 Å². The van der Waals surface area contributed by atoms with E-state index in [1.54, 1.807) is 0 Å². The van der Waals surface area contributed by atoms with E-state index < -0.39 is 24.3 Å². The number of unbranched alkanes of at least 4 members (excludes halogenated alkanes) is 30. The summed E-state index contributed by atoms with van der Waals surface area (Å²) < 4.78 is 22.9. The third kappa shape index (κ3) is 54.8. The number of esters is 2. The lowest BCUT2D eigenvalue weighted by Gasteiger charge is -2.25. The summed E-state index contributed by atoms with van der Waals surface area (Å²) in [7, 11) is 5.97. The molecule has 0 spiro atoms. The molecule has 0 saturated heterocycles. The summed E-state index contributed by atoms with van der Waals surface area (Å²) in [5.74, 6) is -2.01. The van der Waals surface area contributed by atoms with Gasteiger partial charge in [0.05, 0.1) is 34.4 Å². The summed E-state index contributed by atoms with van der Waals surface area (Å²) in [4.78, 5) is 37.5. The van der Waals surface area contributed by atoms with Crippen molar-refractivity contribution in [1.29, 1.82) is 0 Å². The van der Waals surface area contributed by atoms with Crippen molar-refractivity contribution in [2.45, 2.75) is 277 Å².